The normalized spacial score (nSPS) is 16.3. The van der Waals surface area contributed by atoms with Gasteiger partial charge in [-0.1, -0.05) is 13.3 Å². The summed E-state index contributed by atoms with van der Waals surface area (Å²) >= 11 is 0. The number of hydrogen-bond acceptors (Lipinski definition) is 6. The van der Waals surface area contributed by atoms with E-state index in [-0.39, 0.29) is 48.2 Å². The average molecular weight is 481 g/mol. The molecule has 0 radical (unpaired) electrons. The number of hydrogen-bond donors (Lipinski definition) is 3. The van der Waals surface area contributed by atoms with Crippen LogP contribution in [-0.2, 0) is 12.6 Å². The molecule has 5 N–H and O–H groups in total. The van der Waals surface area contributed by atoms with Gasteiger partial charge in [-0.3, -0.25) is 0 Å². The molecule has 1 atom stereocenters. The summed E-state index contributed by atoms with van der Waals surface area (Å²) in [6.07, 6.45) is 0.212. The molecule has 31 heavy (non-hydrogen) atoms. The Balaban J connectivity index is 0.00000240. The van der Waals surface area contributed by atoms with Crippen LogP contribution in [0.4, 0.5) is 36.3 Å². The van der Waals surface area contributed by atoms with Crippen LogP contribution in [0.3, 0.4) is 0 Å². The van der Waals surface area contributed by atoms with Crippen molar-refractivity contribution in [3.8, 4) is 0 Å². The number of benzene rings is 1. The first kappa shape index (κ1) is 27.1. The Hall–Kier alpha value is -1.97. The predicted octanol–water partition coefficient (Wildman–Crippen LogP) is 4.93. The summed E-state index contributed by atoms with van der Waals surface area (Å²) in [5.41, 5.74) is 12.0. The van der Waals surface area contributed by atoms with Crippen LogP contribution in [0.15, 0.2) is 24.3 Å². The molecular formula is C20H29Cl2F3N6. The van der Waals surface area contributed by atoms with Crippen LogP contribution in [-0.4, -0.2) is 29.1 Å². The van der Waals surface area contributed by atoms with Crippen molar-refractivity contribution in [2.24, 2.45) is 5.73 Å². The van der Waals surface area contributed by atoms with Gasteiger partial charge in [0.25, 0.3) is 0 Å². The monoisotopic (exact) mass is 480 g/mol. The molecule has 0 amide bonds. The smallest absolute Gasteiger partial charge is 0.399 e. The van der Waals surface area contributed by atoms with Crippen LogP contribution < -0.4 is 21.7 Å². The van der Waals surface area contributed by atoms with Crippen molar-refractivity contribution in [1.29, 1.82) is 0 Å². The van der Waals surface area contributed by atoms with Crippen molar-refractivity contribution in [2.75, 3.05) is 29.0 Å². The second-order valence-corrected chi connectivity index (χ2v) is 7.46. The Morgan fingerprint density at radius 3 is 2.55 bits per heavy atom. The van der Waals surface area contributed by atoms with Crippen LogP contribution in [0.25, 0.3) is 0 Å². The molecule has 1 aliphatic heterocycles. The van der Waals surface area contributed by atoms with E-state index in [0.29, 0.717) is 6.54 Å². The number of halogens is 5. The lowest BCUT2D eigenvalue weighted by molar-refractivity contribution is -0.137. The molecule has 3 rings (SSSR count). The van der Waals surface area contributed by atoms with Crippen molar-refractivity contribution < 1.29 is 13.2 Å². The highest BCUT2D eigenvalue weighted by Gasteiger charge is 2.31. The topological polar surface area (TPSA) is 93.1 Å². The molecule has 1 aliphatic rings. The third-order valence-electron chi connectivity index (χ3n) is 4.87. The molecule has 0 spiro atoms. The van der Waals surface area contributed by atoms with Crippen molar-refractivity contribution in [1.82, 2.24) is 9.97 Å². The Bertz CT molecular complexity index is 850. The van der Waals surface area contributed by atoms with E-state index in [9.17, 15) is 13.2 Å². The van der Waals surface area contributed by atoms with Crippen molar-refractivity contribution >= 4 is 48.0 Å². The predicted molar refractivity (Wildman–Crippen MR) is 124 cm³/mol. The summed E-state index contributed by atoms with van der Waals surface area (Å²) < 4.78 is 39.3. The van der Waals surface area contributed by atoms with E-state index >= 15 is 0 Å². The van der Waals surface area contributed by atoms with Gasteiger partial charge in [-0.25, -0.2) is 4.98 Å². The minimum absolute atomic E-state index is 0. The minimum Gasteiger partial charge on any atom is -0.399 e. The zero-order chi connectivity index (χ0) is 21.0. The van der Waals surface area contributed by atoms with Crippen LogP contribution in [0.5, 0.6) is 0 Å². The summed E-state index contributed by atoms with van der Waals surface area (Å²) in [6.45, 7) is 3.63. The fraction of sp³-hybridized carbons (Fsp3) is 0.500. The van der Waals surface area contributed by atoms with E-state index in [1.807, 2.05) is 6.07 Å². The van der Waals surface area contributed by atoms with Crippen molar-refractivity contribution in [3.63, 3.8) is 0 Å². The maximum absolute atomic E-state index is 13.1. The second-order valence-electron chi connectivity index (χ2n) is 7.46. The van der Waals surface area contributed by atoms with Gasteiger partial charge in [0, 0.05) is 42.3 Å². The molecule has 174 valence electrons. The van der Waals surface area contributed by atoms with Gasteiger partial charge in [0.15, 0.2) is 0 Å². The first-order valence-electron chi connectivity index (χ1n) is 9.88. The first-order valence-corrected chi connectivity index (χ1v) is 9.88. The molecule has 0 saturated carbocycles. The average Bonchev–Trinajstić information content (AvgIpc) is 2.65. The van der Waals surface area contributed by atoms with Gasteiger partial charge in [-0.15, -0.1) is 24.8 Å². The highest BCUT2D eigenvalue weighted by molar-refractivity contribution is 5.85. The number of nitrogens with one attached hydrogen (secondary N) is 1. The van der Waals surface area contributed by atoms with Crippen LogP contribution in [0, 0.1) is 0 Å². The van der Waals surface area contributed by atoms with E-state index in [1.165, 1.54) is 6.07 Å². The van der Waals surface area contributed by atoms with E-state index in [2.05, 4.69) is 27.1 Å². The maximum Gasteiger partial charge on any atom is 0.416 e. The highest BCUT2D eigenvalue weighted by atomic mass is 35.5. The van der Waals surface area contributed by atoms with Crippen LogP contribution in [0.2, 0.25) is 0 Å². The Kier molecular flexibility index (Phi) is 10.1. The molecule has 1 aromatic heterocycles. The molecule has 1 saturated heterocycles. The number of nitrogen functional groups attached to an aromatic ring is 1. The van der Waals surface area contributed by atoms with Gasteiger partial charge in [0.05, 0.1) is 5.56 Å². The number of rotatable bonds is 6. The molecule has 0 aliphatic carbocycles. The molecule has 11 heteroatoms. The van der Waals surface area contributed by atoms with Gasteiger partial charge in [-0.2, -0.15) is 18.2 Å². The number of nitrogens with zero attached hydrogens (tertiary/aromatic N) is 3. The Labute approximate surface area is 192 Å². The Morgan fingerprint density at radius 1 is 1.16 bits per heavy atom. The lowest BCUT2D eigenvalue weighted by atomic mass is 10.1. The molecule has 2 aromatic rings. The number of aryl methyl sites for hydroxylation is 1. The third kappa shape index (κ3) is 7.59. The van der Waals surface area contributed by atoms with Crippen molar-refractivity contribution in [3.05, 3.63) is 35.5 Å². The van der Waals surface area contributed by atoms with E-state index in [0.717, 1.165) is 62.3 Å². The van der Waals surface area contributed by atoms with E-state index < -0.39 is 11.7 Å². The van der Waals surface area contributed by atoms with Gasteiger partial charge >= 0.3 is 6.18 Å². The molecule has 6 nitrogen and oxygen atoms in total. The van der Waals surface area contributed by atoms with Gasteiger partial charge in [-0.05, 0) is 43.9 Å². The number of unbranched alkanes of at least 4 members (excludes halogenated alkanes) is 1. The molecule has 1 aromatic carbocycles. The zero-order valence-electron chi connectivity index (χ0n) is 17.3. The van der Waals surface area contributed by atoms with Crippen molar-refractivity contribution in [2.45, 2.75) is 51.2 Å². The fourth-order valence-electron chi connectivity index (χ4n) is 3.42. The lowest BCUT2D eigenvalue weighted by Gasteiger charge is -2.32. The summed E-state index contributed by atoms with van der Waals surface area (Å²) in [7, 11) is 0. The zero-order valence-corrected chi connectivity index (χ0v) is 18.9. The summed E-state index contributed by atoms with van der Waals surface area (Å²) in [6, 6.07) is 5.38. The summed E-state index contributed by atoms with van der Waals surface area (Å²) in [5, 5.41) is 2.90. The highest BCUT2D eigenvalue weighted by Crippen LogP contribution is 2.33. The van der Waals surface area contributed by atoms with Gasteiger partial charge < -0.3 is 21.7 Å². The number of piperidine rings is 1. The van der Waals surface area contributed by atoms with Gasteiger partial charge in [0.2, 0.25) is 5.95 Å². The fourth-order valence-corrected chi connectivity index (χ4v) is 3.42. The molecule has 0 bridgehead atoms. The minimum atomic E-state index is -4.48. The summed E-state index contributed by atoms with van der Waals surface area (Å²) in [4.78, 5) is 11.1. The second kappa shape index (κ2) is 11.6. The van der Waals surface area contributed by atoms with Crippen LogP contribution in [0.1, 0.15) is 43.9 Å². The lowest BCUT2D eigenvalue weighted by Crippen LogP contribution is -2.43. The number of nitrogens with two attached hydrogens (primary N) is 2. The maximum atomic E-state index is 13.1. The van der Waals surface area contributed by atoms with Crippen LogP contribution >= 0.6 is 24.8 Å². The first-order chi connectivity index (χ1) is 13.7. The Morgan fingerprint density at radius 2 is 1.90 bits per heavy atom. The van der Waals surface area contributed by atoms with E-state index in [4.69, 9.17) is 11.5 Å². The molecule has 2 heterocycles. The standard InChI is InChI=1S/C20H27F3N6.2ClH/c1-2-3-6-16-11-18(29-7-4-5-14(24)12-29)28-19(26-16)27-17-9-13(20(21,22)23)8-15(25)10-17;;/h8-11,14H,2-7,12,24-25H2,1H3,(H,26,27,28);2*1H/t14-;;/m1../s1. The number of aromatic nitrogens is 2. The summed E-state index contributed by atoms with van der Waals surface area (Å²) in [5.74, 6) is 0.996. The third-order valence-corrected chi connectivity index (χ3v) is 4.87. The molecule has 0 unspecified atom stereocenters. The number of alkyl halides is 3. The van der Waals surface area contributed by atoms with Gasteiger partial charge in [0.1, 0.15) is 5.82 Å². The quantitative estimate of drug-likeness (QED) is 0.507. The van der Waals surface area contributed by atoms with E-state index in [1.54, 1.807) is 0 Å². The SMILES string of the molecule is CCCCc1cc(N2CCC[C@@H](N)C2)nc(Nc2cc(N)cc(C(F)(F)F)c2)n1.Cl.Cl. The molecular weight excluding hydrogens is 452 g/mol. The number of anilines is 4. The largest absolute Gasteiger partial charge is 0.416 e. The molecule has 1 fully saturated rings.